The van der Waals surface area contributed by atoms with E-state index in [1.165, 1.54) is 6.92 Å². The fourth-order valence-electron chi connectivity index (χ4n) is 4.94. The number of aromatic nitrogens is 2. The lowest BCUT2D eigenvalue weighted by Gasteiger charge is -2.58. The fraction of sp³-hybridized carbons (Fsp3) is 0.500. The summed E-state index contributed by atoms with van der Waals surface area (Å²) in [6.45, 7) is 6.57. The summed E-state index contributed by atoms with van der Waals surface area (Å²) in [5.41, 5.74) is 8.11. The lowest BCUT2D eigenvalue weighted by molar-refractivity contribution is -0.111. The molecule has 0 amide bonds. The van der Waals surface area contributed by atoms with Crippen molar-refractivity contribution in [1.29, 1.82) is 0 Å². The van der Waals surface area contributed by atoms with Crippen molar-refractivity contribution in [2.24, 2.45) is 11.1 Å². The van der Waals surface area contributed by atoms with Gasteiger partial charge < -0.3 is 25.8 Å². The molecule has 0 radical (unpaired) electrons. The lowest BCUT2D eigenvalue weighted by Crippen LogP contribution is -2.66. The molecule has 2 heterocycles. The van der Waals surface area contributed by atoms with Crippen molar-refractivity contribution in [2.75, 3.05) is 38.2 Å². The first-order chi connectivity index (χ1) is 17.1. The van der Waals surface area contributed by atoms with Crippen molar-refractivity contribution < 1.29 is 19.0 Å². The first-order valence-corrected chi connectivity index (χ1v) is 12.4. The summed E-state index contributed by atoms with van der Waals surface area (Å²) >= 11 is 6.55. The first kappa shape index (κ1) is 26.3. The second kappa shape index (κ2) is 10.3. The lowest BCUT2D eigenvalue weighted by atomic mass is 9.62. The Labute approximate surface area is 215 Å². The van der Waals surface area contributed by atoms with E-state index in [0.29, 0.717) is 76.6 Å². The fourth-order valence-corrected chi connectivity index (χ4v) is 5.14. The summed E-state index contributed by atoms with van der Waals surface area (Å²) in [5, 5.41) is 13.3. The Kier molecular flexibility index (Phi) is 7.54. The maximum atomic E-state index is 14.3. The highest BCUT2D eigenvalue weighted by molar-refractivity contribution is 6.33. The average molecular weight is 518 g/mol. The van der Waals surface area contributed by atoms with Crippen LogP contribution in [-0.2, 0) is 4.79 Å². The van der Waals surface area contributed by atoms with Gasteiger partial charge in [-0.15, -0.1) is 0 Å². The van der Waals surface area contributed by atoms with Crippen LogP contribution in [-0.4, -0.2) is 66.4 Å². The third-order valence-corrected chi connectivity index (χ3v) is 7.36. The van der Waals surface area contributed by atoms with Gasteiger partial charge in [-0.25, -0.2) is 14.4 Å². The smallest absolute Gasteiger partial charge is 0.163 e. The molecule has 1 unspecified atom stereocenters. The van der Waals surface area contributed by atoms with E-state index in [4.69, 9.17) is 32.0 Å². The van der Waals surface area contributed by atoms with E-state index in [1.54, 1.807) is 32.2 Å². The van der Waals surface area contributed by atoms with Gasteiger partial charge in [0.2, 0.25) is 0 Å². The van der Waals surface area contributed by atoms with Crippen LogP contribution in [0.2, 0.25) is 5.02 Å². The predicted molar refractivity (Wildman–Crippen MR) is 139 cm³/mol. The van der Waals surface area contributed by atoms with Gasteiger partial charge in [-0.05, 0) is 58.9 Å². The van der Waals surface area contributed by atoms with Crippen LogP contribution in [0.3, 0.4) is 0 Å². The van der Waals surface area contributed by atoms with E-state index in [2.05, 4.69) is 5.32 Å². The quantitative estimate of drug-likeness (QED) is 0.434. The third-order valence-electron chi connectivity index (χ3n) is 7.04. The molecule has 1 aromatic heterocycles. The van der Waals surface area contributed by atoms with Gasteiger partial charge in [0.25, 0.3) is 0 Å². The van der Waals surface area contributed by atoms with Gasteiger partial charge in [-0.1, -0.05) is 11.6 Å². The topological polar surface area (TPSA) is 114 Å². The molecule has 10 heteroatoms. The monoisotopic (exact) mass is 517 g/mol. The van der Waals surface area contributed by atoms with Gasteiger partial charge in [0.1, 0.15) is 30.4 Å². The molecule has 2 aliphatic rings. The Bertz CT molecular complexity index is 1190. The number of carbonyl (C=O) groups excluding carboxylic acids is 1. The minimum absolute atomic E-state index is 0.0943. The van der Waals surface area contributed by atoms with E-state index < -0.39 is 12.3 Å². The Balaban J connectivity index is 1.76. The van der Waals surface area contributed by atoms with Gasteiger partial charge in [0.05, 0.1) is 16.3 Å². The number of halogens is 2. The molecule has 1 aliphatic heterocycles. The minimum Gasteiger partial charge on any atom is -0.491 e. The maximum Gasteiger partial charge on any atom is 0.163 e. The number of aliphatic hydroxyl groups is 1. The number of hydrogen-bond acceptors (Lipinski definition) is 8. The van der Waals surface area contributed by atoms with Gasteiger partial charge in [0, 0.05) is 41.9 Å². The molecule has 0 bridgehead atoms. The SMILES string of the molecule is CNC[C@@H](O)COc1ccc(Cl)c(-c2nc(C(C(C)=O)=C(C)N)c(C)c(N3CC4(CCC4F)C3)n2)c1. The second-order valence-corrected chi connectivity index (χ2v) is 10.3. The van der Waals surface area contributed by atoms with Gasteiger partial charge >= 0.3 is 0 Å². The van der Waals surface area contributed by atoms with Crippen LogP contribution >= 0.6 is 11.6 Å². The Morgan fingerprint density at radius 1 is 1.39 bits per heavy atom. The Hall–Kier alpha value is -2.75. The van der Waals surface area contributed by atoms with E-state index in [0.717, 1.165) is 6.42 Å². The standard InChI is InChI=1S/C26H33ClFN5O3/c1-14-23(22(15(2)29)16(3)34)31-24(32-25(14)33-12-26(13-33)8-7-21(26)28)19-9-18(5-6-20(19)27)36-11-17(35)10-30-4/h5-6,9,17,21,30,35H,7-8,10-13,29H2,1-4H3/t17-,21?/m1/s1. The van der Waals surface area contributed by atoms with Crippen LogP contribution in [0.25, 0.3) is 17.0 Å². The summed E-state index contributed by atoms with van der Waals surface area (Å²) in [6, 6.07) is 5.09. The number of anilines is 1. The molecular weight excluding hydrogens is 485 g/mol. The Morgan fingerprint density at radius 2 is 2.11 bits per heavy atom. The molecule has 2 atom stereocenters. The highest BCUT2D eigenvalue weighted by atomic mass is 35.5. The number of aliphatic hydroxyl groups excluding tert-OH is 1. The number of benzene rings is 1. The number of nitrogens with zero attached hydrogens (tertiary/aromatic N) is 3. The second-order valence-electron chi connectivity index (χ2n) is 9.85. The van der Waals surface area contributed by atoms with Crippen LogP contribution in [0.15, 0.2) is 23.9 Å². The summed E-state index contributed by atoms with van der Waals surface area (Å²) < 4.78 is 20.0. The number of carbonyl (C=O) groups is 1. The van der Waals surface area contributed by atoms with Crippen molar-refractivity contribution >= 4 is 28.8 Å². The summed E-state index contributed by atoms with van der Waals surface area (Å²) in [4.78, 5) is 24.1. The number of Topliss-reactive ketones (excluding diaryl/α,β-unsaturated/α-hetero) is 1. The molecule has 4 rings (SSSR count). The zero-order valence-electron chi connectivity index (χ0n) is 21.1. The minimum atomic E-state index is -0.796. The highest BCUT2D eigenvalue weighted by Crippen LogP contribution is 2.52. The molecule has 36 heavy (non-hydrogen) atoms. The number of alkyl halides is 1. The van der Waals surface area contributed by atoms with E-state index in [1.807, 2.05) is 11.8 Å². The normalized spacial score (nSPS) is 19.9. The maximum absolute atomic E-state index is 14.3. The van der Waals surface area contributed by atoms with Crippen LogP contribution < -0.4 is 20.7 Å². The molecule has 1 aromatic carbocycles. The number of likely N-dealkylation sites (N-methyl/N-ethyl adjacent to an activating group) is 1. The van der Waals surface area contributed by atoms with Crippen molar-refractivity contribution in [3.05, 3.63) is 40.2 Å². The van der Waals surface area contributed by atoms with Crippen molar-refractivity contribution in [3.8, 4) is 17.1 Å². The van der Waals surface area contributed by atoms with Crippen molar-refractivity contribution in [2.45, 2.75) is 45.9 Å². The van der Waals surface area contributed by atoms with Crippen LogP contribution in [0.1, 0.15) is 37.9 Å². The average Bonchev–Trinajstić information content (AvgIpc) is 2.78. The molecule has 1 aliphatic carbocycles. The van der Waals surface area contributed by atoms with Gasteiger partial charge in [-0.3, -0.25) is 4.79 Å². The molecule has 1 saturated heterocycles. The number of allylic oxidation sites excluding steroid dienone is 2. The number of ketones is 1. The number of nitrogens with one attached hydrogen (secondary N) is 1. The van der Waals surface area contributed by atoms with Gasteiger partial charge in [0.15, 0.2) is 11.6 Å². The van der Waals surface area contributed by atoms with E-state index in [9.17, 15) is 14.3 Å². The first-order valence-electron chi connectivity index (χ1n) is 12.1. The molecule has 194 valence electrons. The Morgan fingerprint density at radius 3 is 2.67 bits per heavy atom. The largest absolute Gasteiger partial charge is 0.491 e. The van der Waals surface area contributed by atoms with Crippen LogP contribution in [0, 0.1) is 12.3 Å². The summed E-state index contributed by atoms with van der Waals surface area (Å²) in [7, 11) is 1.75. The molecule has 1 saturated carbocycles. The zero-order chi connectivity index (χ0) is 26.2. The number of ether oxygens (including phenoxy) is 1. The van der Waals surface area contributed by atoms with Crippen molar-refractivity contribution in [3.63, 3.8) is 0 Å². The molecule has 8 nitrogen and oxygen atoms in total. The zero-order valence-corrected chi connectivity index (χ0v) is 21.8. The molecular formula is C26H33ClFN5O3. The predicted octanol–water partition coefficient (Wildman–Crippen LogP) is 3.28. The molecule has 2 aromatic rings. The number of nitrogens with two attached hydrogens (primary N) is 1. The molecule has 2 fully saturated rings. The summed E-state index contributed by atoms with van der Waals surface area (Å²) in [5.74, 6) is 1.22. The number of rotatable bonds is 9. The number of hydrogen-bond donors (Lipinski definition) is 3. The molecule has 4 N–H and O–H groups in total. The van der Waals surface area contributed by atoms with Crippen LogP contribution in [0.5, 0.6) is 5.75 Å². The van der Waals surface area contributed by atoms with Crippen molar-refractivity contribution in [1.82, 2.24) is 15.3 Å². The van der Waals surface area contributed by atoms with Crippen LogP contribution in [0.4, 0.5) is 10.2 Å². The molecule has 1 spiro atoms. The third kappa shape index (κ3) is 4.92. The van der Waals surface area contributed by atoms with E-state index >= 15 is 0 Å². The summed E-state index contributed by atoms with van der Waals surface area (Å²) in [6.07, 6.45) is -0.0134. The van der Waals surface area contributed by atoms with E-state index in [-0.39, 0.29) is 17.8 Å². The van der Waals surface area contributed by atoms with Gasteiger partial charge in [-0.2, -0.15) is 0 Å². The highest BCUT2D eigenvalue weighted by Gasteiger charge is 2.56.